The lowest BCUT2D eigenvalue weighted by atomic mass is 10.0. The molecule has 2 heterocycles. The lowest BCUT2D eigenvalue weighted by molar-refractivity contribution is 0.0867. The lowest BCUT2D eigenvalue weighted by Crippen LogP contribution is -2.43. The number of nitrogens with zero attached hydrogens (tertiary/aromatic N) is 2. The fourth-order valence-electron chi connectivity index (χ4n) is 2.38. The van der Waals surface area contributed by atoms with Crippen LogP contribution in [0, 0.1) is 0 Å². The maximum atomic E-state index is 11.9. The van der Waals surface area contributed by atoms with E-state index in [1.54, 1.807) is 6.20 Å². The number of H-pyrrole nitrogens is 1. The first-order valence-electron chi connectivity index (χ1n) is 6.22. The number of carbonyl (C=O) groups excluding carboxylic acids is 1. The second kappa shape index (κ2) is 5.47. The molecule has 17 heavy (non-hydrogen) atoms. The van der Waals surface area contributed by atoms with Crippen LogP contribution in [0.15, 0.2) is 18.3 Å². The van der Waals surface area contributed by atoms with Crippen LogP contribution in [0.1, 0.15) is 23.3 Å². The molecule has 0 radical (unpaired) electrons. The van der Waals surface area contributed by atoms with Crippen molar-refractivity contribution < 1.29 is 4.79 Å². The smallest absolute Gasteiger partial charge is 0.192 e. The molecule has 0 atom stereocenters. The molecule has 94 valence electrons. The van der Waals surface area contributed by atoms with Crippen LogP contribution in [-0.2, 0) is 0 Å². The van der Waals surface area contributed by atoms with E-state index in [0.29, 0.717) is 18.3 Å². The van der Waals surface area contributed by atoms with Crippen LogP contribution in [-0.4, -0.2) is 60.3 Å². The van der Waals surface area contributed by atoms with Gasteiger partial charge in [-0.3, -0.25) is 9.69 Å². The second-order valence-electron chi connectivity index (χ2n) is 4.96. The largest absolute Gasteiger partial charge is 0.359 e. The minimum Gasteiger partial charge on any atom is -0.359 e. The van der Waals surface area contributed by atoms with Crippen molar-refractivity contribution in [2.75, 3.05) is 33.7 Å². The van der Waals surface area contributed by atoms with Crippen LogP contribution in [0.3, 0.4) is 0 Å². The molecule has 1 aliphatic heterocycles. The fourth-order valence-corrected chi connectivity index (χ4v) is 2.38. The number of Topliss-reactive ketones (excluding diaryl/α,β-unsaturated/α-hetero) is 1. The van der Waals surface area contributed by atoms with Gasteiger partial charge in [0, 0.05) is 12.2 Å². The summed E-state index contributed by atoms with van der Waals surface area (Å²) >= 11 is 0. The highest BCUT2D eigenvalue weighted by atomic mass is 16.1. The van der Waals surface area contributed by atoms with E-state index in [2.05, 4.69) is 28.9 Å². The normalized spacial score (nSPS) is 18.8. The summed E-state index contributed by atoms with van der Waals surface area (Å²) in [5.74, 6) is 0.177. The van der Waals surface area contributed by atoms with Crippen molar-refractivity contribution in [3.63, 3.8) is 0 Å². The molecule has 0 unspecified atom stereocenters. The van der Waals surface area contributed by atoms with Crippen molar-refractivity contribution >= 4 is 5.78 Å². The maximum Gasteiger partial charge on any atom is 0.192 e. The maximum absolute atomic E-state index is 11.9. The van der Waals surface area contributed by atoms with Crippen molar-refractivity contribution in [2.24, 2.45) is 0 Å². The zero-order valence-electron chi connectivity index (χ0n) is 10.6. The molecule has 1 fully saturated rings. The highest BCUT2D eigenvalue weighted by Crippen LogP contribution is 2.14. The van der Waals surface area contributed by atoms with Gasteiger partial charge in [0.25, 0.3) is 0 Å². The third kappa shape index (κ3) is 3.17. The molecular weight excluding hydrogens is 214 g/mol. The van der Waals surface area contributed by atoms with Crippen LogP contribution in [0.25, 0.3) is 0 Å². The van der Waals surface area contributed by atoms with Crippen LogP contribution in [0.4, 0.5) is 0 Å². The van der Waals surface area contributed by atoms with Crippen LogP contribution in [0.2, 0.25) is 0 Å². The standard InChI is InChI=1S/C13H21N3O/c1-15-8-5-11(6-9-15)16(2)10-13(17)12-4-3-7-14-12/h3-4,7,11,14H,5-6,8-10H2,1-2H3. The Labute approximate surface area is 103 Å². The van der Waals surface area contributed by atoms with Crippen molar-refractivity contribution in [2.45, 2.75) is 18.9 Å². The van der Waals surface area contributed by atoms with E-state index in [0.717, 1.165) is 25.9 Å². The third-order valence-electron chi connectivity index (χ3n) is 3.60. The molecule has 1 saturated heterocycles. The first kappa shape index (κ1) is 12.3. The van der Waals surface area contributed by atoms with E-state index >= 15 is 0 Å². The number of ketones is 1. The molecule has 0 saturated carbocycles. The first-order valence-corrected chi connectivity index (χ1v) is 6.22. The van der Waals surface area contributed by atoms with Crippen LogP contribution in [0.5, 0.6) is 0 Å². The Morgan fingerprint density at radius 3 is 2.82 bits per heavy atom. The minimum atomic E-state index is 0.177. The Hall–Kier alpha value is -1.13. The Balaban J connectivity index is 1.84. The molecule has 0 aromatic carbocycles. The molecule has 0 bridgehead atoms. The molecule has 4 nitrogen and oxygen atoms in total. The number of likely N-dealkylation sites (N-methyl/N-ethyl adjacent to an activating group) is 1. The van der Waals surface area contributed by atoms with Gasteiger partial charge in [0.2, 0.25) is 0 Å². The fraction of sp³-hybridized carbons (Fsp3) is 0.615. The van der Waals surface area contributed by atoms with E-state index in [1.807, 2.05) is 12.1 Å². The molecule has 0 amide bonds. The van der Waals surface area contributed by atoms with Gasteiger partial charge < -0.3 is 9.88 Å². The van der Waals surface area contributed by atoms with Gasteiger partial charge in [-0.2, -0.15) is 0 Å². The lowest BCUT2D eigenvalue weighted by Gasteiger charge is -2.34. The van der Waals surface area contributed by atoms with E-state index in [4.69, 9.17) is 0 Å². The van der Waals surface area contributed by atoms with Gasteiger partial charge in [0.1, 0.15) is 0 Å². The second-order valence-corrected chi connectivity index (χ2v) is 4.96. The molecule has 1 aromatic rings. The Morgan fingerprint density at radius 2 is 2.24 bits per heavy atom. The van der Waals surface area contributed by atoms with Crippen molar-refractivity contribution in [3.8, 4) is 0 Å². The summed E-state index contributed by atoms with van der Waals surface area (Å²) in [7, 11) is 4.21. The molecule has 1 aliphatic rings. The van der Waals surface area contributed by atoms with Gasteiger partial charge >= 0.3 is 0 Å². The molecule has 1 N–H and O–H groups in total. The summed E-state index contributed by atoms with van der Waals surface area (Å²) in [6.45, 7) is 2.77. The molecule has 2 rings (SSSR count). The average molecular weight is 235 g/mol. The van der Waals surface area contributed by atoms with E-state index in [9.17, 15) is 4.79 Å². The number of hydrogen-bond acceptors (Lipinski definition) is 3. The minimum absolute atomic E-state index is 0.177. The topological polar surface area (TPSA) is 39.3 Å². The van der Waals surface area contributed by atoms with Crippen LogP contribution < -0.4 is 0 Å². The summed E-state index contributed by atoms with van der Waals surface area (Å²) in [6, 6.07) is 4.25. The van der Waals surface area contributed by atoms with Crippen molar-refractivity contribution in [1.82, 2.24) is 14.8 Å². The van der Waals surface area contributed by atoms with Gasteiger partial charge in [-0.1, -0.05) is 0 Å². The number of aromatic amines is 1. The Morgan fingerprint density at radius 1 is 1.53 bits per heavy atom. The summed E-state index contributed by atoms with van der Waals surface area (Å²) in [5, 5.41) is 0. The molecule has 0 spiro atoms. The number of hydrogen-bond donors (Lipinski definition) is 1. The number of likely N-dealkylation sites (tertiary alicyclic amines) is 1. The first-order chi connectivity index (χ1) is 8.16. The van der Waals surface area contributed by atoms with Gasteiger partial charge in [-0.05, 0) is 52.2 Å². The molecular formula is C13H21N3O. The number of piperidine rings is 1. The average Bonchev–Trinajstić information content (AvgIpc) is 2.83. The van der Waals surface area contributed by atoms with E-state index < -0.39 is 0 Å². The molecule has 0 aliphatic carbocycles. The van der Waals surface area contributed by atoms with Gasteiger partial charge in [-0.25, -0.2) is 0 Å². The number of nitrogens with one attached hydrogen (secondary N) is 1. The van der Waals surface area contributed by atoms with Crippen molar-refractivity contribution in [3.05, 3.63) is 24.0 Å². The summed E-state index contributed by atoms with van der Waals surface area (Å²) in [4.78, 5) is 19.4. The van der Waals surface area contributed by atoms with E-state index in [1.165, 1.54) is 0 Å². The molecule has 4 heteroatoms. The Kier molecular flexibility index (Phi) is 3.97. The number of rotatable bonds is 4. The highest BCUT2D eigenvalue weighted by molar-refractivity contribution is 5.95. The van der Waals surface area contributed by atoms with Gasteiger partial charge in [0.05, 0.1) is 12.2 Å². The van der Waals surface area contributed by atoms with E-state index in [-0.39, 0.29) is 5.78 Å². The summed E-state index contributed by atoms with van der Waals surface area (Å²) in [6.07, 6.45) is 4.11. The van der Waals surface area contributed by atoms with Gasteiger partial charge in [-0.15, -0.1) is 0 Å². The molecule has 1 aromatic heterocycles. The van der Waals surface area contributed by atoms with Gasteiger partial charge in [0.15, 0.2) is 5.78 Å². The predicted octanol–water partition coefficient (Wildman–Crippen LogP) is 1.22. The zero-order chi connectivity index (χ0) is 12.3. The summed E-state index contributed by atoms with van der Waals surface area (Å²) < 4.78 is 0. The monoisotopic (exact) mass is 235 g/mol. The van der Waals surface area contributed by atoms with Crippen molar-refractivity contribution in [1.29, 1.82) is 0 Å². The Bertz CT molecular complexity index is 353. The predicted molar refractivity (Wildman–Crippen MR) is 68.3 cm³/mol. The van der Waals surface area contributed by atoms with Crippen LogP contribution >= 0.6 is 0 Å². The zero-order valence-corrected chi connectivity index (χ0v) is 10.6. The highest BCUT2D eigenvalue weighted by Gasteiger charge is 2.22. The third-order valence-corrected chi connectivity index (χ3v) is 3.60. The summed E-state index contributed by atoms with van der Waals surface area (Å²) in [5.41, 5.74) is 0.713. The quantitative estimate of drug-likeness (QED) is 0.798. The SMILES string of the molecule is CN1CCC(N(C)CC(=O)c2ccc[nH]2)CC1. The number of carbonyl (C=O) groups is 1. The number of aromatic nitrogens is 1.